The molecule has 0 saturated heterocycles. The molecule has 3 nitrogen and oxygen atoms in total. The van der Waals surface area contributed by atoms with E-state index in [0.29, 0.717) is 6.61 Å². The molecule has 0 fully saturated rings. The number of aromatic amines is 1. The number of nitrogens with zero attached hydrogens (tertiary/aromatic N) is 1. The van der Waals surface area contributed by atoms with Gasteiger partial charge in [-0.25, -0.2) is 0 Å². The molecule has 17 heavy (non-hydrogen) atoms. The van der Waals surface area contributed by atoms with Gasteiger partial charge >= 0.3 is 0 Å². The smallest absolute Gasteiger partial charge is 0.0717 e. The van der Waals surface area contributed by atoms with Crippen molar-refractivity contribution in [2.45, 2.75) is 13.0 Å². The average Bonchev–Trinajstić information content (AvgIpc) is 2.75. The van der Waals surface area contributed by atoms with E-state index in [0.717, 1.165) is 30.5 Å². The van der Waals surface area contributed by atoms with Crippen LogP contribution in [0.4, 0.5) is 0 Å². The third-order valence-corrected chi connectivity index (χ3v) is 2.70. The van der Waals surface area contributed by atoms with Crippen LogP contribution in [0.5, 0.6) is 0 Å². The second kappa shape index (κ2) is 5.84. The van der Waals surface area contributed by atoms with E-state index in [-0.39, 0.29) is 0 Å². The monoisotopic (exact) mass is 231 g/mol. The van der Waals surface area contributed by atoms with E-state index in [2.05, 4.69) is 48.2 Å². The third kappa shape index (κ3) is 3.58. The Kier molecular flexibility index (Phi) is 4.18. The molecule has 1 aromatic carbocycles. The molecular weight excluding hydrogens is 212 g/mol. The number of ether oxygens (including phenoxy) is 1. The van der Waals surface area contributed by atoms with Gasteiger partial charge < -0.3 is 14.6 Å². The first-order chi connectivity index (χ1) is 8.25. The second-order valence-electron chi connectivity index (χ2n) is 4.52. The predicted molar refractivity (Wildman–Crippen MR) is 70.0 cm³/mol. The van der Waals surface area contributed by atoms with Crippen molar-refractivity contribution < 1.29 is 4.74 Å². The molecule has 1 aromatic heterocycles. The van der Waals surface area contributed by atoms with Crippen molar-refractivity contribution in [3.8, 4) is 0 Å². The number of aromatic nitrogens is 1. The second-order valence-corrected chi connectivity index (χ2v) is 4.52. The van der Waals surface area contributed by atoms with Gasteiger partial charge in [-0.2, -0.15) is 0 Å². The van der Waals surface area contributed by atoms with Crippen LogP contribution in [-0.4, -0.2) is 37.1 Å². The zero-order valence-electron chi connectivity index (χ0n) is 10.5. The molecule has 0 amide bonds. The van der Waals surface area contributed by atoms with Crippen molar-refractivity contribution in [1.29, 1.82) is 0 Å². The van der Waals surface area contributed by atoms with E-state index in [4.69, 9.17) is 4.74 Å². The molecule has 0 aliphatic carbocycles. The highest BCUT2D eigenvalue weighted by atomic mass is 16.5. The molecule has 0 aliphatic heterocycles. The Morgan fingerprint density at radius 3 is 3.06 bits per heavy atom. The maximum atomic E-state index is 5.64. The van der Waals surface area contributed by atoms with Gasteiger partial charge in [0.2, 0.25) is 0 Å². The average molecular weight is 231 g/mol. The standard InChI is InChI=1S/C14H19N2O/c1-16(2)8-3-9-17-11-12-4-5-14-13(10-12)6-7-15-14/h4-5,7,10,15H,3,8-9,11H2,1-2H3. The first-order valence-corrected chi connectivity index (χ1v) is 5.96. The molecule has 2 rings (SSSR count). The van der Waals surface area contributed by atoms with E-state index in [1.807, 2.05) is 6.20 Å². The van der Waals surface area contributed by atoms with E-state index in [1.54, 1.807) is 0 Å². The Labute approximate surface area is 102 Å². The lowest BCUT2D eigenvalue weighted by molar-refractivity contribution is 0.113. The van der Waals surface area contributed by atoms with Gasteiger partial charge in [-0.15, -0.1) is 0 Å². The SMILES string of the molecule is CN(C)CCCOCc1ccc2[nH]c[c]c2c1. The summed E-state index contributed by atoms with van der Waals surface area (Å²) in [6.45, 7) is 2.57. The van der Waals surface area contributed by atoms with Crippen LogP contribution in [0.3, 0.4) is 0 Å². The van der Waals surface area contributed by atoms with Crippen LogP contribution in [0.1, 0.15) is 12.0 Å². The number of hydrogen-bond acceptors (Lipinski definition) is 2. The fraction of sp³-hybridized carbons (Fsp3) is 0.429. The number of hydrogen-bond donors (Lipinski definition) is 1. The molecule has 1 heterocycles. The van der Waals surface area contributed by atoms with Gasteiger partial charge in [-0.3, -0.25) is 0 Å². The van der Waals surface area contributed by atoms with Crippen molar-refractivity contribution in [1.82, 2.24) is 9.88 Å². The van der Waals surface area contributed by atoms with Crippen LogP contribution in [0, 0.1) is 6.07 Å². The molecule has 1 N–H and O–H groups in total. The third-order valence-electron chi connectivity index (χ3n) is 2.70. The van der Waals surface area contributed by atoms with Gasteiger partial charge in [0, 0.05) is 29.8 Å². The summed E-state index contributed by atoms with van der Waals surface area (Å²) in [4.78, 5) is 5.30. The van der Waals surface area contributed by atoms with Crippen molar-refractivity contribution >= 4 is 10.9 Å². The number of benzene rings is 1. The Morgan fingerprint density at radius 2 is 2.24 bits per heavy atom. The van der Waals surface area contributed by atoms with E-state index in [9.17, 15) is 0 Å². The molecule has 0 aliphatic rings. The Morgan fingerprint density at radius 1 is 1.35 bits per heavy atom. The van der Waals surface area contributed by atoms with Crippen LogP contribution in [0.2, 0.25) is 0 Å². The van der Waals surface area contributed by atoms with Gasteiger partial charge in [0.25, 0.3) is 0 Å². The maximum Gasteiger partial charge on any atom is 0.0717 e. The zero-order valence-corrected chi connectivity index (χ0v) is 10.5. The molecule has 2 aromatic rings. The number of rotatable bonds is 6. The highest BCUT2D eigenvalue weighted by Crippen LogP contribution is 2.14. The fourth-order valence-corrected chi connectivity index (χ4v) is 1.79. The summed E-state index contributed by atoms with van der Waals surface area (Å²) in [7, 11) is 4.16. The molecule has 3 heteroatoms. The summed E-state index contributed by atoms with van der Waals surface area (Å²) in [5.74, 6) is 0. The maximum absolute atomic E-state index is 5.64. The molecule has 0 unspecified atom stereocenters. The Bertz CT molecular complexity index is 462. The van der Waals surface area contributed by atoms with Crippen LogP contribution in [0.15, 0.2) is 24.4 Å². The molecule has 0 saturated carbocycles. The lowest BCUT2D eigenvalue weighted by Crippen LogP contribution is -2.14. The summed E-state index contributed by atoms with van der Waals surface area (Å²) < 4.78 is 5.64. The Balaban J connectivity index is 1.78. The fourth-order valence-electron chi connectivity index (χ4n) is 1.79. The topological polar surface area (TPSA) is 28.3 Å². The quantitative estimate of drug-likeness (QED) is 0.773. The van der Waals surface area contributed by atoms with Gasteiger partial charge in [0.15, 0.2) is 0 Å². The van der Waals surface area contributed by atoms with E-state index < -0.39 is 0 Å². The minimum Gasteiger partial charge on any atom is -0.377 e. The molecule has 1 radical (unpaired) electrons. The van der Waals surface area contributed by atoms with Crippen LogP contribution >= 0.6 is 0 Å². The van der Waals surface area contributed by atoms with Crippen molar-refractivity contribution in [2.75, 3.05) is 27.2 Å². The predicted octanol–water partition coefficient (Wildman–Crippen LogP) is 2.44. The van der Waals surface area contributed by atoms with Crippen LogP contribution in [-0.2, 0) is 11.3 Å². The lowest BCUT2D eigenvalue weighted by atomic mass is 10.2. The minimum absolute atomic E-state index is 0.683. The summed E-state index contributed by atoms with van der Waals surface area (Å²) in [6.07, 6.45) is 2.91. The molecule has 0 bridgehead atoms. The van der Waals surface area contributed by atoms with Gasteiger partial charge in [0.05, 0.1) is 6.61 Å². The number of nitrogens with one attached hydrogen (secondary N) is 1. The van der Waals surface area contributed by atoms with Crippen LogP contribution in [0.25, 0.3) is 10.9 Å². The highest BCUT2D eigenvalue weighted by Gasteiger charge is 1.98. The summed E-state index contributed by atoms with van der Waals surface area (Å²) >= 11 is 0. The van der Waals surface area contributed by atoms with Gasteiger partial charge in [-0.1, -0.05) is 6.07 Å². The zero-order chi connectivity index (χ0) is 12.1. The number of fused-ring (bicyclic) bond motifs is 1. The van der Waals surface area contributed by atoms with Crippen molar-refractivity contribution in [2.24, 2.45) is 0 Å². The first-order valence-electron chi connectivity index (χ1n) is 5.96. The highest BCUT2D eigenvalue weighted by molar-refractivity contribution is 5.79. The molecule has 91 valence electrons. The van der Waals surface area contributed by atoms with Crippen molar-refractivity contribution in [3.05, 3.63) is 36.0 Å². The van der Waals surface area contributed by atoms with Gasteiger partial charge in [-0.05, 0) is 44.8 Å². The molecule has 0 atom stereocenters. The van der Waals surface area contributed by atoms with Crippen molar-refractivity contribution in [3.63, 3.8) is 0 Å². The van der Waals surface area contributed by atoms with Gasteiger partial charge in [0.1, 0.15) is 0 Å². The first kappa shape index (κ1) is 12.1. The lowest BCUT2D eigenvalue weighted by Gasteiger charge is -2.09. The number of H-pyrrole nitrogens is 1. The minimum atomic E-state index is 0.683. The largest absolute Gasteiger partial charge is 0.377 e. The van der Waals surface area contributed by atoms with Crippen LogP contribution < -0.4 is 0 Å². The normalized spacial score (nSPS) is 11.5. The summed E-state index contributed by atoms with van der Waals surface area (Å²) in [6, 6.07) is 9.45. The summed E-state index contributed by atoms with van der Waals surface area (Å²) in [5.41, 5.74) is 2.33. The van der Waals surface area contributed by atoms with E-state index >= 15 is 0 Å². The summed E-state index contributed by atoms with van der Waals surface area (Å²) in [5, 5.41) is 1.12. The Hall–Kier alpha value is -1.32. The molecular formula is C14H19N2O. The van der Waals surface area contributed by atoms with E-state index in [1.165, 1.54) is 5.56 Å². The molecule has 0 spiro atoms.